The molecule has 4 nitrogen and oxygen atoms in total. The Bertz CT molecular complexity index is 803. The molecular formula is C20H24N4S2. The molecule has 3 heterocycles. The van der Waals surface area contributed by atoms with Gasteiger partial charge in [0, 0.05) is 47.2 Å². The SMILES string of the molecule is Cc1ncsc1CCNC1CCN(c2ccc(-c3cscn3)cc2)CC1. The van der Waals surface area contributed by atoms with Crippen LogP contribution in [0.25, 0.3) is 11.3 Å². The molecule has 1 aromatic carbocycles. The molecule has 0 bridgehead atoms. The second-order valence-electron chi connectivity index (χ2n) is 6.75. The monoisotopic (exact) mass is 384 g/mol. The van der Waals surface area contributed by atoms with Crippen molar-refractivity contribution >= 4 is 28.4 Å². The summed E-state index contributed by atoms with van der Waals surface area (Å²) >= 11 is 3.41. The van der Waals surface area contributed by atoms with Crippen LogP contribution in [0.4, 0.5) is 5.69 Å². The molecular weight excluding hydrogens is 360 g/mol. The molecule has 3 aromatic rings. The number of aromatic nitrogens is 2. The highest BCUT2D eigenvalue weighted by Gasteiger charge is 2.19. The van der Waals surface area contributed by atoms with Crippen LogP contribution in [-0.4, -0.2) is 35.6 Å². The number of rotatable bonds is 6. The van der Waals surface area contributed by atoms with Gasteiger partial charge in [-0.05, 0) is 38.3 Å². The lowest BCUT2D eigenvalue weighted by molar-refractivity contribution is 0.418. The van der Waals surface area contributed by atoms with Gasteiger partial charge in [0.1, 0.15) is 0 Å². The van der Waals surface area contributed by atoms with E-state index in [1.54, 1.807) is 22.7 Å². The summed E-state index contributed by atoms with van der Waals surface area (Å²) in [6.07, 6.45) is 3.50. The van der Waals surface area contributed by atoms with Crippen LogP contribution in [0.15, 0.2) is 40.7 Å². The molecule has 0 aliphatic carbocycles. The fourth-order valence-corrected chi connectivity index (χ4v) is 4.84. The molecule has 4 rings (SSSR count). The van der Waals surface area contributed by atoms with Gasteiger partial charge in [0.2, 0.25) is 0 Å². The number of hydrogen-bond acceptors (Lipinski definition) is 6. The number of nitrogens with one attached hydrogen (secondary N) is 1. The standard InChI is InChI=1S/C20H24N4S2/c1-15-20(26-14-22-15)6-9-21-17-7-10-24(11-8-17)18-4-2-16(3-5-18)19-12-25-13-23-19/h2-5,12-14,17,21H,6-11H2,1H3. The van der Waals surface area contributed by atoms with E-state index in [1.807, 2.05) is 11.0 Å². The summed E-state index contributed by atoms with van der Waals surface area (Å²) < 4.78 is 0. The molecule has 0 unspecified atom stereocenters. The third kappa shape index (κ3) is 4.14. The van der Waals surface area contributed by atoms with Gasteiger partial charge in [-0.2, -0.15) is 0 Å². The van der Waals surface area contributed by atoms with Crippen molar-refractivity contribution in [3.8, 4) is 11.3 Å². The number of thiazole rings is 2. The summed E-state index contributed by atoms with van der Waals surface area (Å²) in [6.45, 7) is 5.39. The maximum atomic E-state index is 4.38. The molecule has 0 saturated carbocycles. The molecule has 1 N–H and O–H groups in total. The van der Waals surface area contributed by atoms with Crippen molar-refractivity contribution in [1.82, 2.24) is 15.3 Å². The first-order valence-corrected chi connectivity index (χ1v) is 11.0. The first-order valence-electron chi connectivity index (χ1n) is 9.15. The predicted molar refractivity (Wildman–Crippen MR) is 111 cm³/mol. The summed E-state index contributed by atoms with van der Waals surface area (Å²) in [7, 11) is 0. The lowest BCUT2D eigenvalue weighted by atomic mass is 10.0. The lowest BCUT2D eigenvalue weighted by Gasteiger charge is -2.34. The van der Waals surface area contributed by atoms with E-state index < -0.39 is 0 Å². The molecule has 1 aliphatic rings. The van der Waals surface area contributed by atoms with E-state index in [9.17, 15) is 0 Å². The summed E-state index contributed by atoms with van der Waals surface area (Å²) in [4.78, 5) is 12.6. The normalized spacial score (nSPS) is 15.5. The Morgan fingerprint density at radius 2 is 1.92 bits per heavy atom. The Hall–Kier alpha value is -1.76. The van der Waals surface area contributed by atoms with E-state index in [0.717, 1.165) is 31.7 Å². The zero-order valence-corrected chi connectivity index (χ0v) is 16.7. The van der Waals surface area contributed by atoms with E-state index >= 15 is 0 Å². The summed E-state index contributed by atoms with van der Waals surface area (Å²) in [5.74, 6) is 0. The second kappa shape index (κ2) is 8.29. The zero-order chi connectivity index (χ0) is 17.8. The van der Waals surface area contributed by atoms with Gasteiger partial charge in [0.25, 0.3) is 0 Å². The molecule has 1 saturated heterocycles. The van der Waals surface area contributed by atoms with Crippen molar-refractivity contribution in [3.63, 3.8) is 0 Å². The molecule has 136 valence electrons. The van der Waals surface area contributed by atoms with Gasteiger partial charge in [0.05, 0.1) is 22.4 Å². The van der Waals surface area contributed by atoms with Crippen LogP contribution >= 0.6 is 22.7 Å². The summed E-state index contributed by atoms with van der Waals surface area (Å²) in [5, 5.41) is 5.83. The number of benzene rings is 1. The number of piperidine rings is 1. The molecule has 26 heavy (non-hydrogen) atoms. The van der Waals surface area contributed by atoms with Crippen molar-refractivity contribution in [2.45, 2.75) is 32.2 Å². The molecule has 6 heteroatoms. The van der Waals surface area contributed by atoms with Crippen LogP contribution < -0.4 is 10.2 Å². The highest BCUT2D eigenvalue weighted by molar-refractivity contribution is 7.09. The average molecular weight is 385 g/mol. The van der Waals surface area contributed by atoms with Gasteiger partial charge in [-0.15, -0.1) is 22.7 Å². The highest BCUT2D eigenvalue weighted by Crippen LogP contribution is 2.25. The third-order valence-electron chi connectivity index (χ3n) is 5.09. The van der Waals surface area contributed by atoms with E-state index in [1.165, 1.54) is 34.7 Å². The van der Waals surface area contributed by atoms with Gasteiger partial charge in [-0.25, -0.2) is 9.97 Å². The minimum Gasteiger partial charge on any atom is -0.371 e. The van der Waals surface area contributed by atoms with Crippen molar-refractivity contribution in [2.75, 3.05) is 24.5 Å². The number of hydrogen-bond donors (Lipinski definition) is 1. The predicted octanol–water partition coefficient (Wildman–Crippen LogP) is 4.38. The maximum Gasteiger partial charge on any atom is 0.0811 e. The maximum absolute atomic E-state index is 4.38. The summed E-state index contributed by atoms with van der Waals surface area (Å²) in [6, 6.07) is 9.47. The van der Waals surface area contributed by atoms with Crippen molar-refractivity contribution in [3.05, 3.63) is 51.2 Å². The molecule has 2 aromatic heterocycles. The molecule has 1 aliphatic heterocycles. The Balaban J connectivity index is 1.25. The Morgan fingerprint density at radius 1 is 1.12 bits per heavy atom. The summed E-state index contributed by atoms with van der Waals surface area (Å²) in [5.41, 5.74) is 8.61. The van der Waals surface area contributed by atoms with E-state index in [0.29, 0.717) is 6.04 Å². The average Bonchev–Trinajstić information content (AvgIpc) is 3.35. The zero-order valence-electron chi connectivity index (χ0n) is 15.0. The van der Waals surface area contributed by atoms with Crippen LogP contribution in [-0.2, 0) is 6.42 Å². The topological polar surface area (TPSA) is 41.1 Å². The molecule has 0 amide bonds. The van der Waals surface area contributed by atoms with Crippen molar-refractivity contribution in [2.24, 2.45) is 0 Å². The Morgan fingerprint density at radius 3 is 2.58 bits per heavy atom. The fourth-order valence-electron chi connectivity index (χ4n) is 3.50. The third-order valence-corrected chi connectivity index (χ3v) is 6.67. The van der Waals surface area contributed by atoms with E-state index in [-0.39, 0.29) is 0 Å². The van der Waals surface area contributed by atoms with Crippen LogP contribution in [0, 0.1) is 6.92 Å². The number of nitrogens with zero attached hydrogens (tertiary/aromatic N) is 3. The van der Waals surface area contributed by atoms with Crippen molar-refractivity contribution in [1.29, 1.82) is 0 Å². The number of aryl methyl sites for hydroxylation is 1. The van der Waals surface area contributed by atoms with E-state index in [4.69, 9.17) is 0 Å². The first-order chi connectivity index (χ1) is 12.8. The Kier molecular flexibility index (Phi) is 5.62. The molecule has 0 radical (unpaired) electrons. The second-order valence-corrected chi connectivity index (χ2v) is 8.40. The Labute approximate surface area is 162 Å². The minimum atomic E-state index is 0.633. The molecule has 0 atom stereocenters. The van der Waals surface area contributed by atoms with Crippen LogP contribution in [0.3, 0.4) is 0 Å². The van der Waals surface area contributed by atoms with Gasteiger partial charge in [0.15, 0.2) is 0 Å². The van der Waals surface area contributed by atoms with Crippen LogP contribution in [0.5, 0.6) is 0 Å². The lowest BCUT2D eigenvalue weighted by Crippen LogP contribution is -2.43. The smallest absolute Gasteiger partial charge is 0.0811 e. The first kappa shape index (κ1) is 17.6. The van der Waals surface area contributed by atoms with Gasteiger partial charge in [-0.1, -0.05) is 12.1 Å². The quantitative estimate of drug-likeness (QED) is 0.685. The van der Waals surface area contributed by atoms with E-state index in [2.05, 4.69) is 56.8 Å². The molecule has 0 spiro atoms. The van der Waals surface area contributed by atoms with Crippen LogP contribution in [0.1, 0.15) is 23.4 Å². The van der Waals surface area contributed by atoms with Gasteiger partial charge < -0.3 is 10.2 Å². The fraction of sp³-hybridized carbons (Fsp3) is 0.400. The van der Waals surface area contributed by atoms with Gasteiger partial charge in [-0.3, -0.25) is 0 Å². The highest BCUT2D eigenvalue weighted by atomic mass is 32.1. The van der Waals surface area contributed by atoms with Gasteiger partial charge >= 0.3 is 0 Å². The molecule has 1 fully saturated rings. The number of anilines is 1. The van der Waals surface area contributed by atoms with Crippen molar-refractivity contribution < 1.29 is 0 Å². The largest absolute Gasteiger partial charge is 0.371 e. The van der Waals surface area contributed by atoms with Crippen LogP contribution in [0.2, 0.25) is 0 Å². The minimum absolute atomic E-state index is 0.633.